The molecule has 0 atom stereocenters. The molecule has 0 spiro atoms. The molecule has 6 nitrogen and oxygen atoms in total. The molecule has 0 aliphatic heterocycles. The number of carbonyl (C=O) groups is 1. The lowest BCUT2D eigenvalue weighted by Gasteiger charge is -2.05. The van der Waals surface area contributed by atoms with Crippen LogP contribution in [0.5, 0.6) is 0 Å². The summed E-state index contributed by atoms with van der Waals surface area (Å²) in [5.74, 6) is -0.459. The summed E-state index contributed by atoms with van der Waals surface area (Å²) in [5.41, 5.74) is 1.90. The fraction of sp³-hybridized carbons (Fsp3) is 0.0625. The van der Waals surface area contributed by atoms with Crippen LogP contribution >= 0.6 is 11.3 Å². The zero-order valence-electron chi connectivity index (χ0n) is 12.5. The molecule has 0 aliphatic rings. The Morgan fingerprint density at radius 3 is 2.38 bits per heavy atom. The maximum Gasteiger partial charge on any atom is 0.346 e. The van der Waals surface area contributed by atoms with Gasteiger partial charge in [0.15, 0.2) is 0 Å². The van der Waals surface area contributed by atoms with Gasteiger partial charge in [0.05, 0.1) is 16.0 Å². The van der Waals surface area contributed by atoms with E-state index in [1.54, 1.807) is 24.3 Å². The van der Waals surface area contributed by atoms with Gasteiger partial charge in [-0.15, -0.1) is 11.3 Å². The highest BCUT2D eigenvalue weighted by molar-refractivity contribution is 7.89. The Bertz CT molecular complexity index is 1000. The molecule has 8 heteroatoms. The first-order valence-corrected chi connectivity index (χ1v) is 9.19. The largest absolute Gasteiger partial charge is 0.477 e. The van der Waals surface area contributed by atoms with Crippen LogP contribution in [0.25, 0.3) is 21.8 Å². The fourth-order valence-electron chi connectivity index (χ4n) is 2.47. The number of hydrogen-bond donors (Lipinski definition) is 2. The van der Waals surface area contributed by atoms with Gasteiger partial charge >= 0.3 is 5.97 Å². The number of carboxylic acids is 1. The van der Waals surface area contributed by atoms with Gasteiger partial charge < -0.3 is 9.52 Å². The van der Waals surface area contributed by atoms with Crippen LogP contribution in [0.15, 0.2) is 52.0 Å². The standard InChI is InChI=1S/C16H13NO5S2/c1-9-13(10-4-6-11(7-5-10)24(17,20)21)15(16(18)19)23-14(9)12-3-2-8-22-12/h2-8H,1H3,(H,18,19)(H2,17,20,21). The third kappa shape index (κ3) is 2.86. The van der Waals surface area contributed by atoms with Crippen LogP contribution in [-0.4, -0.2) is 19.5 Å². The van der Waals surface area contributed by atoms with Gasteiger partial charge in [0.2, 0.25) is 10.0 Å². The van der Waals surface area contributed by atoms with Crippen LogP contribution in [0.1, 0.15) is 15.2 Å². The van der Waals surface area contributed by atoms with Crippen molar-refractivity contribution in [2.45, 2.75) is 11.8 Å². The normalized spacial score (nSPS) is 11.6. The van der Waals surface area contributed by atoms with Gasteiger partial charge in [-0.1, -0.05) is 12.1 Å². The first-order valence-electron chi connectivity index (χ1n) is 6.83. The van der Waals surface area contributed by atoms with Crippen LogP contribution in [0.2, 0.25) is 0 Å². The second kappa shape index (κ2) is 5.90. The second-order valence-corrected chi connectivity index (χ2v) is 7.69. The maximum atomic E-state index is 11.6. The summed E-state index contributed by atoms with van der Waals surface area (Å²) in [4.78, 5) is 12.5. The summed E-state index contributed by atoms with van der Waals surface area (Å²) < 4.78 is 28.1. The number of hydrogen-bond acceptors (Lipinski definition) is 5. The predicted octanol–water partition coefficient (Wildman–Crippen LogP) is 3.33. The number of furan rings is 1. The van der Waals surface area contributed by atoms with Crippen LogP contribution < -0.4 is 5.14 Å². The smallest absolute Gasteiger partial charge is 0.346 e. The topological polar surface area (TPSA) is 111 Å². The van der Waals surface area contributed by atoms with E-state index >= 15 is 0 Å². The number of nitrogens with two attached hydrogens (primary N) is 1. The second-order valence-electron chi connectivity index (χ2n) is 5.11. The molecule has 0 bridgehead atoms. The van der Waals surface area contributed by atoms with Crippen molar-refractivity contribution in [3.05, 3.63) is 53.1 Å². The van der Waals surface area contributed by atoms with Gasteiger partial charge in [-0.05, 0) is 42.3 Å². The van der Waals surface area contributed by atoms with E-state index < -0.39 is 16.0 Å². The van der Waals surface area contributed by atoms with Crippen LogP contribution in [0.4, 0.5) is 0 Å². The Kier molecular flexibility index (Phi) is 4.04. The summed E-state index contributed by atoms with van der Waals surface area (Å²) in [7, 11) is -3.80. The number of sulfonamides is 1. The van der Waals surface area contributed by atoms with E-state index in [0.717, 1.165) is 21.8 Å². The molecule has 1 aromatic carbocycles. The van der Waals surface area contributed by atoms with Gasteiger partial charge in [0.25, 0.3) is 0 Å². The number of thiophene rings is 1. The monoisotopic (exact) mass is 363 g/mol. The number of aromatic carboxylic acids is 1. The molecule has 0 amide bonds. The molecule has 2 aromatic heterocycles. The minimum atomic E-state index is -3.80. The summed E-state index contributed by atoms with van der Waals surface area (Å²) in [6.45, 7) is 1.81. The summed E-state index contributed by atoms with van der Waals surface area (Å²) >= 11 is 1.12. The first-order chi connectivity index (χ1) is 11.3. The summed E-state index contributed by atoms with van der Waals surface area (Å²) in [5, 5.41) is 14.6. The average molecular weight is 363 g/mol. The molecular formula is C16H13NO5S2. The Morgan fingerprint density at radius 1 is 1.21 bits per heavy atom. The molecule has 0 unspecified atom stereocenters. The maximum absolute atomic E-state index is 11.6. The predicted molar refractivity (Wildman–Crippen MR) is 90.5 cm³/mol. The van der Waals surface area contributed by atoms with Crippen molar-refractivity contribution in [3.63, 3.8) is 0 Å². The molecule has 24 heavy (non-hydrogen) atoms. The molecule has 0 aliphatic carbocycles. The van der Waals surface area contributed by atoms with Crippen molar-refractivity contribution in [3.8, 4) is 21.8 Å². The Morgan fingerprint density at radius 2 is 1.88 bits per heavy atom. The molecule has 0 saturated carbocycles. The number of benzene rings is 1. The van der Waals surface area contributed by atoms with Crippen molar-refractivity contribution in [1.82, 2.24) is 0 Å². The highest BCUT2D eigenvalue weighted by Crippen LogP contribution is 2.42. The van der Waals surface area contributed by atoms with Crippen LogP contribution in [0.3, 0.4) is 0 Å². The van der Waals surface area contributed by atoms with Gasteiger partial charge in [0, 0.05) is 5.56 Å². The van der Waals surface area contributed by atoms with E-state index in [4.69, 9.17) is 9.56 Å². The zero-order chi connectivity index (χ0) is 17.5. The minimum absolute atomic E-state index is 0.0257. The zero-order valence-corrected chi connectivity index (χ0v) is 14.1. The molecule has 0 radical (unpaired) electrons. The Labute approximate surface area is 142 Å². The van der Waals surface area contributed by atoms with Gasteiger partial charge in [-0.3, -0.25) is 0 Å². The molecule has 124 valence electrons. The summed E-state index contributed by atoms with van der Waals surface area (Å²) in [6.07, 6.45) is 1.52. The molecule has 0 saturated heterocycles. The SMILES string of the molecule is Cc1c(-c2ccco2)sc(C(=O)O)c1-c1ccc(S(N)(=O)=O)cc1. The summed E-state index contributed by atoms with van der Waals surface area (Å²) in [6, 6.07) is 9.31. The van der Waals surface area contributed by atoms with Crippen molar-refractivity contribution in [2.24, 2.45) is 5.14 Å². The third-order valence-corrected chi connectivity index (χ3v) is 5.78. The van der Waals surface area contributed by atoms with E-state index in [9.17, 15) is 18.3 Å². The van der Waals surface area contributed by atoms with Crippen LogP contribution in [-0.2, 0) is 10.0 Å². The van der Waals surface area contributed by atoms with E-state index in [0.29, 0.717) is 16.9 Å². The van der Waals surface area contributed by atoms with E-state index in [1.807, 2.05) is 6.92 Å². The Balaban J connectivity index is 2.18. The van der Waals surface area contributed by atoms with Gasteiger partial charge in [0.1, 0.15) is 10.6 Å². The molecule has 3 N–H and O–H groups in total. The minimum Gasteiger partial charge on any atom is -0.477 e. The third-order valence-electron chi connectivity index (χ3n) is 3.56. The quantitative estimate of drug-likeness (QED) is 0.738. The Hall–Kier alpha value is -2.42. The molecule has 0 fully saturated rings. The van der Waals surface area contributed by atoms with Gasteiger partial charge in [-0.25, -0.2) is 18.4 Å². The number of carboxylic acid groups (broad SMARTS) is 1. The molecular weight excluding hydrogens is 350 g/mol. The average Bonchev–Trinajstić information content (AvgIpc) is 3.14. The van der Waals surface area contributed by atoms with Gasteiger partial charge in [-0.2, -0.15) is 0 Å². The lowest BCUT2D eigenvalue weighted by Crippen LogP contribution is -2.11. The molecule has 2 heterocycles. The van der Waals surface area contributed by atoms with E-state index in [-0.39, 0.29) is 9.77 Å². The number of rotatable bonds is 4. The lowest BCUT2D eigenvalue weighted by atomic mass is 10.0. The fourth-order valence-corrected chi connectivity index (χ4v) is 4.12. The first kappa shape index (κ1) is 16.4. The molecule has 3 aromatic rings. The van der Waals surface area contributed by atoms with E-state index in [1.165, 1.54) is 18.4 Å². The van der Waals surface area contributed by atoms with Crippen molar-refractivity contribution in [2.75, 3.05) is 0 Å². The molecule has 3 rings (SSSR count). The van der Waals surface area contributed by atoms with Crippen molar-refractivity contribution in [1.29, 1.82) is 0 Å². The highest BCUT2D eigenvalue weighted by Gasteiger charge is 2.23. The highest BCUT2D eigenvalue weighted by atomic mass is 32.2. The van der Waals surface area contributed by atoms with Crippen LogP contribution in [0, 0.1) is 6.92 Å². The van der Waals surface area contributed by atoms with Crippen molar-refractivity contribution >= 4 is 27.3 Å². The van der Waals surface area contributed by atoms with Crippen molar-refractivity contribution < 1.29 is 22.7 Å². The van der Waals surface area contributed by atoms with E-state index in [2.05, 4.69) is 0 Å². The number of primary sulfonamides is 1. The lowest BCUT2D eigenvalue weighted by molar-refractivity contribution is 0.0703.